The van der Waals surface area contributed by atoms with Gasteiger partial charge in [-0.15, -0.1) is 0 Å². The van der Waals surface area contributed by atoms with Gasteiger partial charge in [0.2, 0.25) is 5.91 Å². The summed E-state index contributed by atoms with van der Waals surface area (Å²) in [5.41, 5.74) is 0. The van der Waals surface area contributed by atoms with Gasteiger partial charge in [0, 0.05) is 12.8 Å². The van der Waals surface area contributed by atoms with Crippen LogP contribution in [0.3, 0.4) is 0 Å². The maximum atomic E-state index is 12.4. The third kappa shape index (κ3) is 49.8. The number of amides is 1. The molecule has 0 rings (SSSR count). The largest absolute Gasteiger partial charge is 0.466 e. The number of unbranched alkanes of at least 4 members (excludes halogenated alkanes) is 38. The Balaban J connectivity index is 3.40. The molecule has 0 fully saturated rings. The van der Waals surface area contributed by atoms with Gasteiger partial charge >= 0.3 is 5.97 Å². The van der Waals surface area contributed by atoms with Gasteiger partial charge in [-0.1, -0.05) is 263 Å². The minimum absolute atomic E-state index is 0.0104. The Morgan fingerprint density at radius 1 is 0.438 bits per heavy atom. The predicted octanol–water partition coefficient (Wildman–Crippen LogP) is 17.5. The average Bonchev–Trinajstić information content (AvgIpc) is 3.29. The number of hydrogen-bond donors (Lipinski definition) is 3. The first kappa shape index (κ1) is 62.3. The van der Waals surface area contributed by atoms with Crippen LogP contribution in [0.2, 0.25) is 0 Å². The van der Waals surface area contributed by atoms with E-state index < -0.39 is 12.1 Å². The van der Waals surface area contributed by atoms with E-state index in [-0.39, 0.29) is 18.5 Å². The molecule has 0 saturated heterocycles. The smallest absolute Gasteiger partial charge is 0.305 e. The quantitative estimate of drug-likeness (QED) is 0.0321. The highest BCUT2D eigenvalue weighted by atomic mass is 16.5. The number of esters is 1. The molecule has 0 spiro atoms. The normalized spacial score (nSPS) is 12.8. The molecule has 0 radical (unpaired) electrons. The summed E-state index contributed by atoms with van der Waals surface area (Å²) in [6, 6.07) is -0.543. The minimum Gasteiger partial charge on any atom is -0.466 e. The van der Waals surface area contributed by atoms with E-state index in [0.717, 1.165) is 44.9 Å². The summed E-state index contributed by atoms with van der Waals surface area (Å²) in [5.74, 6) is -0.0328. The minimum atomic E-state index is -0.665. The lowest BCUT2D eigenvalue weighted by Crippen LogP contribution is -2.45. The zero-order valence-electron chi connectivity index (χ0n) is 43.0. The number of ether oxygens (including phenoxy) is 1. The van der Waals surface area contributed by atoms with Crippen LogP contribution in [0.5, 0.6) is 0 Å². The van der Waals surface area contributed by atoms with Crippen LogP contribution in [0, 0.1) is 0 Å². The number of carbonyl (C=O) groups excluding carboxylic acids is 2. The topological polar surface area (TPSA) is 95.9 Å². The fourth-order valence-electron chi connectivity index (χ4n) is 8.85. The van der Waals surface area contributed by atoms with Crippen LogP contribution in [-0.4, -0.2) is 47.4 Å². The van der Waals surface area contributed by atoms with Gasteiger partial charge in [-0.25, -0.2) is 0 Å². The second-order valence-corrected chi connectivity index (χ2v) is 19.6. The van der Waals surface area contributed by atoms with E-state index in [1.165, 1.54) is 231 Å². The Kier molecular flexibility index (Phi) is 52.6. The van der Waals surface area contributed by atoms with Gasteiger partial charge < -0.3 is 20.3 Å². The van der Waals surface area contributed by atoms with Gasteiger partial charge in [-0.2, -0.15) is 0 Å². The highest BCUT2D eigenvalue weighted by Gasteiger charge is 2.20. The number of carbonyl (C=O) groups is 2. The van der Waals surface area contributed by atoms with E-state index in [1.54, 1.807) is 0 Å². The molecule has 0 aromatic rings. The van der Waals surface area contributed by atoms with Crippen molar-refractivity contribution in [2.45, 2.75) is 321 Å². The Labute approximate surface area is 399 Å². The third-order valence-corrected chi connectivity index (χ3v) is 13.3. The first-order chi connectivity index (χ1) is 31.5. The molecule has 0 bridgehead atoms. The van der Waals surface area contributed by atoms with Crippen molar-refractivity contribution >= 4 is 11.9 Å². The van der Waals surface area contributed by atoms with Crippen LogP contribution in [0.1, 0.15) is 309 Å². The fraction of sp³-hybridized carbons (Fsp3) is 0.897. The summed E-state index contributed by atoms with van der Waals surface area (Å²) in [6.45, 7) is 4.93. The van der Waals surface area contributed by atoms with Gasteiger partial charge in [0.25, 0.3) is 0 Å². The van der Waals surface area contributed by atoms with E-state index in [1.807, 2.05) is 0 Å². The molecule has 0 aliphatic heterocycles. The van der Waals surface area contributed by atoms with Crippen LogP contribution in [0.4, 0.5) is 0 Å². The maximum absolute atomic E-state index is 12.4. The molecule has 6 nitrogen and oxygen atoms in total. The molecule has 0 aliphatic carbocycles. The highest BCUT2D eigenvalue weighted by Crippen LogP contribution is 2.17. The van der Waals surface area contributed by atoms with E-state index in [4.69, 9.17) is 4.74 Å². The van der Waals surface area contributed by atoms with Crippen LogP contribution >= 0.6 is 0 Å². The lowest BCUT2D eigenvalue weighted by molar-refractivity contribution is -0.143. The molecule has 2 atom stereocenters. The van der Waals surface area contributed by atoms with Crippen molar-refractivity contribution < 1.29 is 24.5 Å². The summed E-state index contributed by atoms with van der Waals surface area (Å²) in [5, 5.41) is 23.1. The molecule has 64 heavy (non-hydrogen) atoms. The third-order valence-electron chi connectivity index (χ3n) is 13.3. The standard InChI is InChI=1S/C58H111NO5/c1-3-5-7-9-11-13-14-28-32-36-40-44-48-52-58(63)64-53-49-45-41-37-33-30-27-25-23-21-19-17-15-16-18-20-22-24-26-29-31-35-39-43-47-51-57(62)59-55(54-60)56(61)50-46-42-38-34-12-10-8-6-4-2/h16-19,55-56,60-61H,3-15,20-54H2,1-2H3,(H,59,62)/b18-16-,19-17-. The average molecular weight is 903 g/mol. The second kappa shape index (κ2) is 54.0. The van der Waals surface area contributed by atoms with Gasteiger partial charge in [0.05, 0.1) is 25.4 Å². The molecular formula is C58H111NO5. The van der Waals surface area contributed by atoms with Crippen LogP contribution in [0.25, 0.3) is 0 Å². The zero-order valence-corrected chi connectivity index (χ0v) is 43.0. The van der Waals surface area contributed by atoms with Gasteiger partial charge in [-0.3, -0.25) is 9.59 Å². The van der Waals surface area contributed by atoms with Crippen molar-refractivity contribution in [2.24, 2.45) is 0 Å². The van der Waals surface area contributed by atoms with Crippen molar-refractivity contribution in [3.63, 3.8) is 0 Å². The summed E-state index contributed by atoms with van der Waals surface area (Å²) in [7, 11) is 0. The molecule has 3 N–H and O–H groups in total. The Morgan fingerprint density at radius 3 is 1.19 bits per heavy atom. The molecule has 2 unspecified atom stereocenters. The van der Waals surface area contributed by atoms with Crippen LogP contribution in [-0.2, 0) is 14.3 Å². The van der Waals surface area contributed by atoms with E-state index in [9.17, 15) is 19.8 Å². The number of aliphatic hydroxyl groups is 2. The van der Waals surface area contributed by atoms with Gasteiger partial charge in [0.1, 0.15) is 0 Å². The van der Waals surface area contributed by atoms with Crippen molar-refractivity contribution in [1.29, 1.82) is 0 Å². The number of rotatable bonds is 53. The predicted molar refractivity (Wildman–Crippen MR) is 278 cm³/mol. The molecule has 0 aromatic carbocycles. The van der Waals surface area contributed by atoms with Crippen LogP contribution in [0.15, 0.2) is 24.3 Å². The van der Waals surface area contributed by atoms with Crippen molar-refractivity contribution in [1.82, 2.24) is 5.32 Å². The second-order valence-electron chi connectivity index (χ2n) is 19.6. The van der Waals surface area contributed by atoms with Crippen molar-refractivity contribution in [3.8, 4) is 0 Å². The summed E-state index contributed by atoms with van der Waals surface area (Å²) < 4.78 is 5.47. The molecule has 0 heterocycles. The van der Waals surface area contributed by atoms with E-state index in [0.29, 0.717) is 25.9 Å². The number of allylic oxidation sites excluding steroid dienone is 4. The van der Waals surface area contributed by atoms with Crippen LogP contribution < -0.4 is 5.32 Å². The summed E-state index contributed by atoms with van der Waals surface area (Å²) in [4.78, 5) is 24.4. The Morgan fingerprint density at radius 2 is 0.781 bits per heavy atom. The zero-order chi connectivity index (χ0) is 46.5. The molecule has 6 heteroatoms. The molecule has 378 valence electrons. The maximum Gasteiger partial charge on any atom is 0.305 e. The molecule has 0 saturated carbocycles. The first-order valence-electron chi connectivity index (χ1n) is 28.6. The molecule has 1 amide bonds. The summed E-state index contributed by atoms with van der Waals surface area (Å²) >= 11 is 0. The SMILES string of the molecule is CCCCCCCCCCCCCCCC(=O)OCCCCCCCCCCC/C=C\C/C=C\CCCCCCCCCCCC(=O)NC(CO)C(O)CCCCCCCCCCC. The number of aliphatic hydroxyl groups excluding tert-OH is 2. The van der Waals surface area contributed by atoms with Gasteiger partial charge in [0.15, 0.2) is 0 Å². The highest BCUT2D eigenvalue weighted by molar-refractivity contribution is 5.76. The summed E-state index contributed by atoms with van der Waals surface area (Å²) in [6.07, 6.45) is 64.7. The monoisotopic (exact) mass is 902 g/mol. The van der Waals surface area contributed by atoms with E-state index in [2.05, 4.69) is 43.5 Å². The Bertz CT molecular complexity index is 997. The van der Waals surface area contributed by atoms with Gasteiger partial charge in [-0.05, 0) is 57.8 Å². The fourth-order valence-corrected chi connectivity index (χ4v) is 8.85. The first-order valence-corrected chi connectivity index (χ1v) is 28.6. The lowest BCUT2D eigenvalue weighted by Gasteiger charge is -2.22. The molecule has 0 aromatic heterocycles. The lowest BCUT2D eigenvalue weighted by atomic mass is 10.0. The molecular weight excluding hydrogens is 791 g/mol. The van der Waals surface area contributed by atoms with Crippen molar-refractivity contribution in [2.75, 3.05) is 13.2 Å². The number of nitrogens with one attached hydrogen (secondary N) is 1. The van der Waals surface area contributed by atoms with Crippen molar-refractivity contribution in [3.05, 3.63) is 24.3 Å². The Hall–Kier alpha value is -1.66. The number of hydrogen-bond acceptors (Lipinski definition) is 5. The van der Waals surface area contributed by atoms with E-state index >= 15 is 0 Å². The molecule has 0 aliphatic rings.